The van der Waals surface area contributed by atoms with E-state index in [4.69, 9.17) is 9.47 Å². The maximum absolute atomic E-state index is 12.3. The van der Waals surface area contributed by atoms with Crippen molar-refractivity contribution in [1.29, 1.82) is 0 Å². The first-order valence-corrected chi connectivity index (χ1v) is 7.35. The number of methoxy groups -OCH3 is 2. The molecule has 0 atom stereocenters. The van der Waals surface area contributed by atoms with Gasteiger partial charge in [0.05, 0.1) is 24.8 Å². The zero-order valence-corrected chi connectivity index (χ0v) is 12.0. The molecule has 0 aliphatic carbocycles. The first-order valence-electron chi connectivity index (χ1n) is 5.87. The van der Waals surface area contributed by atoms with E-state index in [-0.39, 0.29) is 4.90 Å². The van der Waals surface area contributed by atoms with Gasteiger partial charge in [0.2, 0.25) is 0 Å². The fraction of sp³-hybridized carbons (Fsp3) is 0.143. The lowest BCUT2D eigenvalue weighted by atomic mass is 10.3. The van der Waals surface area contributed by atoms with Gasteiger partial charge in [-0.3, -0.25) is 4.72 Å². The van der Waals surface area contributed by atoms with Crippen LogP contribution in [0.4, 0.5) is 5.69 Å². The van der Waals surface area contributed by atoms with Crippen LogP contribution in [0.1, 0.15) is 0 Å². The molecule has 0 aromatic heterocycles. The predicted molar refractivity (Wildman–Crippen MR) is 76.8 cm³/mol. The quantitative estimate of drug-likeness (QED) is 0.920. The van der Waals surface area contributed by atoms with E-state index in [2.05, 4.69) is 4.72 Å². The summed E-state index contributed by atoms with van der Waals surface area (Å²) < 4.78 is 37.2. The summed E-state index contributed by atoms with van der Waals surface area (Å²) in [6.45, 7) is 0. The van der Waals surface area contributed by atoms with Crippen molar-refractivity contribution in [2.75, 3.05) is 18.9 Å². The third-order valence-corrected chi connectivity index (χ3v) is 4.09. The van der Waals surface area contributed by atoms with Crippen LogP contribution in [0.5, 0.6) is 11.5 Å². The molecule has 0 saturated heterocycles. The molecule has 2 rings (SSSR count). The van der Waals surface area contributed by atoms with Gasteiger partial charge in [0, 0.05) is 6.07 Å². The van der Waals surface area contributed by atoms with E-state index in [9.17, 15) is 8.42 Å². The predicted octanol–water partition coefficient (Wildman–Crippen LogP) is 2.50. The second-order valence-electron chi connectivity index (χ2n) is 3.98. The Kier molecular flexibility index (Phi) is 4.14. The van der Waals surface area contributed by atoms with Gasteiger partial charge in [-0.05, 0) is 24.3 Å². The van der Waals surface area contributed by atoms with Crippen LogP contribution in [0.2, 0.25) is 0 Å². The Morgan fingerprint density at radius 1 is 0.950 bits per heavy atom. The summed E-state index contributed by atoms with van der Waals surface area (Å²) in [7, 11) is -0.671. The van der Waals surface area contributed by atoms with Crippen LogP contribution in [0, 0.1) is 0 Å². The minimum Gasteiger partial charge on any atom is -0.497 e. The van der Waals surface area contributed by atoms with E-state index < -0.39 is 10.0 Å². The van der Waals surface area contributed by atoms with Crippen LogP contribution >= 0.6 is 0 Å². The van der Waals surface area contributed by atoms with Crippen LogP contribution in [0.3, 0.4) is 0 Å². The van der Waals surface area contributed by atoms with E-state index in [1.54, 1.807) is 36.4 Å². The number of anilines is 1. The molecular weight excluding hydrogens is 278 g/mol. The molecule has 0 spiro atoms. The summed E-state index contributed by atoms with van der Waals surface area (Å²) in [6.07, 6.45) is 0. The van der Waals surface area contributed by atoms with Crippen molar-refractivity contribution in [3.05, 3.63) is 48.5 Å². The van der Waals surface area contributed by atoms with Crippen LogP contribution in [0.15, 0.2) is 53.4 Å². The molecule has 2 aromatic rings. The lowest BCUT2D eigenvalue weighted by molar-refractivity contribution is 0.405. The fourth-order valence-electron chi connectivity index (χ4n) is 1.70. The highest BCUT2D eigenvalue weighted by molar-refractivity contribution is 7.92. The molecule has 0 aliphatic heterocycles. The van der Waals surface area contributed by atoms with Crippen molar-refractivity contribution in [3.63, 3.8) is 0 Å². The smallest absolute Gasteiger partial charge is 0.262 e. The zero-order valence-electron chi connectivity index (χ0n) is 11.2. The Bertz CT molecular complexity index is 684. The van der Waals surface area contributed by atoms with Crippen LogP contribution in [0.25, 0.3) is 0 Å². The van der Waals surface area contributed by atoms with Crippen molar-refractivity contribution in [1.82, 2.24) is 0 Å². The van der Waals surface area contributed by atoms with E-state index in [0.717, 1.165) is 0 Å². The standard InChI is InChI=1S/C14H15NO4S/c1-18-11-8-9-14(19-2)13(10-11)15-20(16,17)12-6-4-3-5-7-12/h3-10,15H,1-2H3. The maximum atomic E-state index is 12.3. The highest BCUT2D eigenvalue weighted by Gasteiger charge is 2.16. The first kappa shape index (κ1) is 14.2. The minimum atomic E-state index is -3.66. The Morgan fingerprint density at radius 2 is 1.65 bits per heavy atom. The summed E-state index contributed by atoms with van der Waals surface area (Å²) in [5.74, 6) is 0.960. The molecule has 106 valence electrons. The molecule has 0 amide bonds. The molecule has 0 saturated carbocycles. The Hall–Kier alpha value is -2.21. The number of rotatable bonds is 5. The first-order chi connectivity index (χ1) is 9.56. The molecule has 2 aromatic carbocycles. The number of nitrogens with one attached hydrogen (secondary N) is 1. The summed E-state index contributed by atoms with van der Waals surface area (Å²) in [4.78, 5) is 0.185. The Balaban J connectivity index is 2.38. The lowest BCUT2D eigenvalue weighted by Crippen LogP contribution is -2.13. The van der Waals surface area contributed by atoms with Crippen LogP contribution in [-0.2, 0) is 10.0 Å². The monoisotopic (exact) mass is 293 g/mol. The molecule has 1 N–H and O–H groups in total. The highest BCUT2D eigenvalue weighted by atomic mass is 32.2. The minimum absolute atomic E-state index is 0.185. The number of ether oxygens (including phenoxy) is 2. The van der Waals surface area contributed by atoms with Crippen molar-refractivity contribution in [2.45, 2.75) is 4.90 Å². The molecule has 0 heterocycles. The van der Waals surface area contributed by atoms with Gasteiger partial charge in [0.1, 0.15) is 11.5 Å². The number of hydrogen-bond acceptors (Lipinski definition) is 4. The van der Waals surface area contributed by atoms with Crippen molar-refractivity contribution in [2.24, 2.45) is 0 Å². The molecule has 0 aliphatic rings. The van der Waals surface area contributed by atoms with Gasteiger partial charge in [-0.15, -0.1) is 0 Å². The number of sulfonamides is 1. The van der Waals surface area contributed by atoms with Gasteiger partial charge in [0.25, 0.3) is 10.0 Å². The molecule has 0 fully saturated rings. The third-order valence-electron chi connectivity index (χ3n) is 2.70. The topological polar surface area (TPSA) is 64.6 Å². The average molecular weight is 293 g/mol. The number of hydrogen-bond donors (Lipinski definition) is 1. The van der Waals surface area contributed by atoms with Gasteiger partial charge in [-0.1, -0.05) is 18.2 Å². The van der Waals surface area contributed by atoms with Crippen molar-refractivity contribution in [3.8, 4) is 11.5 Å². The van der Waals surface area contributed by atoms with Crippen LogP contribution in [-0.4, -0.2) is 22.6 Å². The SMILES string of the molecule is COc1ccc(OC)c(NS(=O)(=O)c2ccccc2)c1. The largest absolute Gasteiger partial charge is 0.497 e. The number of benzene rings is 2. The normalized spacial score (nSPS) is 10.9. The zero-order chi connectivity index (χ0) is 14.6. The molecule has 0 bridgehead atoms. The molecule has 20 heavy (non-hydrogen) atoms. The van der Waals surface area contributed by atoms with E-state index in [1.165, 1.54) is 26.4 Å². The third kappa shape index (κ3) is 3.03. The van der Waals surface area contributed by atoms with E-state index in [0.29, 0.717) is 17.2 Å². The van der Waals surface area contributed by atoms with Gasteiger partial charge >= 0.3 is 0 Å². The molecule has 0 unspecified atom stereocenters. The molecule has 0 radical (unpaired) electrons. The summed E-state index contributed by atoms with van der Waals surface area (Å²) >= 11 is 0. The summed E-state index contributed by atoms with van der Waals surface area (Å²) in [6, 6.07) is 13.0. The average Bonchev–Trinajstić information content (AvgIpc) is 2.47. The van der Waals surface area contributed by atoms with Gasteiger partial charge in [-0.25, -0.2) is 8.42 Å². The van der Waals surface area contributed by atoms with E-state index >= 15 is 0 Å². The van der Waals surface area contributed by atoms with E-state index in [1.807, 2.05) is 0 Å². The van der Waals surface area contributed by atoms with Crippen molar-refractivity contribution >= 4 is 15.7 Å². The second kappa shape index (κ2) is 5.83. The molecule has 6 heteroatoms. The summed E-state index contributed by atoms with van der Waals surface area (Å²) in [5.41, 5.74) is 0.329. The molecule has 5 nitrogen and oxygen atoms in total. The van der Waals surface area contributed by atoms with Gasteiger partial charge in [0.15, 0.2) is 0 Å². The maximum Gasteiger partial charge on any atom is 0.262 e. The van der Waals surface area contributed by atoms with Gasteiger partial charge in [-0.2, -0.15) is 0 Å². The Labute approximate surface area is 118 Å². The second-order valence-corrected chi connectivity index (χ2v) is 5.67. The lowest BCUT2D eigenvalue weighted by Gasteiger charge is -2.13. The summed E-state index contributed by atoms with van der Waals surface area (Å²) in [5, 5.41) is 0. The fourth-order valence-corrected chi connectivity index (χ4v) is 2.78. The van der Waals surface area contributed by atoms with Crippen molar-refractivity contribution < 1.29 is 17.9 Å². The Morgan fingerprint density at radius 3 is 2.25 bits per heavy atom. The van der Waals surface area contributed by atoms with Crippen LogP contribution < -0.4 is 14.2 Å². The highest BCUT2D eigenvalue weighted by Crippen LogP contribution is 2.30. The van der Waals surface area contributed by atoms with Gasteiger partial charge < -0.3 is 9.47 Å². The molecular formula is C14H15NO4S.